The molecule has 4 heterocycles. The van der Waals surface area contributed by atoms with Gasteiger partial charge in [0.2, 0.25) is 0 Å². The fourth-order valence-corrected chi connectivity index (χ4v) is 3.39. The van der Waals surface area contributed by atoms with E-state index in [2.05, 4.69) is 20.0 Å². The maximum Gasteiger partial charge on any atom is 2.00 e. The molecule has 0 atom stereocenters. The molecule has 0 amide bonds. The quantitative estimate of drug-likeness (QED) is 0.343. The normalized spacial score (nSPS) is 17.8. The fourth-order valence-electron chi connectivity index (χ4n) is 3.39. The van der Waals surface area contributed by atoms with Gasteiger partial charge in [0.05, 0.1) is 12.1 Å². The summed E-state index contributed by atoms with van der Waals surface area (Å²) in [6.07, 6.45) is 16.0. The summed E-state index contributed by atoms with van der Waals surface area (Å²) >= 11 is 0. The first-order valence-electron chi connectivity index (χ1n) is 13.8. The Balaban J connectivity index is -0.000000199. The topological polar surface area (TPSA) is 189 Å². The summed E-state index contributed by atoms with van der Waals surface area (Å²) in [6.45, 7) is 5.91. The molecule has 0 saturated carbocycles. The molecular weight excluding hydrogens is 690 g/mol. The Morgan fingerprint density at radius 3 is 0.775 bits per heavy atom. The number of hydrogen-bond acceptors (Lipinski definition) is 10. The molecule has 0 saturated heterocycles. The van der Waals surface area contributed by atoms with E-state index >= 15 is 0 Å². The van der Waals surface area contributed by atoms with Crippen molar-refractivity contribution < 1.29 is 59.4 Å². The average molecular weight is 737 g/mol. The second kappa shape index (κ2) is 37.1. The van der Waals surface area contributed by atoms with Crippen LogP contribution >= 0.6 is 0 Å². The standard InChI is InChI=1S/4C6H11NO.2C2H3N.2Rh/c4*8-6-4-2-1-3-5-7-6;2*1-2-3;;/h4*1-5H2,(H,7,8);2*1H3;;/q;;;;;;2*+2/p-4. The Labute approximate surface area is 267 Å². The van der Waals surface area contributed by atoms with Crippen LogP contribution in [0.15, 0.2) is 20.0 Å². The second-order valence-electron chi connectivity index (χ2n) is 8.79. The minimum Gasteiger partial charge on any atom is -0.862 e. The molecule has 0 aliphatic carbocycles. The van der Waals surface area contributed by atoms with E-state index in [9.17, 15) is 20.4 Å². The van der Waals surface area contributed by atoms with Gasteiger partial charge >= 0.3 is 39.0 Å². The van der Waals surface area contributed by atoms with Crippen molar-refractivity contribution in [1.82, 2.24) is 0 Å². The first-order valence-corrected chi connectivity index (χ1v) is 13.8. The molecule has 0 aromatic heterocycles. The Hall–Kier alpha value is -1.89. The largest absolute Gasteiger partial charge is 2.00 e. The van der Waals surface area contributed by atoms with Gasteiger partial charge < -0.3 is 40.4 Å². The van der Waals surface area contributed by atoms with E-state index in [0.29, 0.717) is 25.7 Å². The van der Waals surface area contributed by atoms with Gasteiger partial charge in [0.1, 0.15) is 0 Å². The van der Waals surface area contributed by atoms with E-state index in [1.165, 1.54) is 39.5 Å². The van der Waals surface area contributed by atoms with E-state index in [-0.39, 0.29) is 62.5 Å². The van der Waals surface area contributed by atoms with Crippen LogP contribution in [0, 0.1) is 22.7 Å². The van der Waals surface area contributed by atoms with Crippen LogP contribution in [-0.2, 0) is 39.0 Å². The maximum absolute atomic E-state index is 10.5. The third kappa shape index (κ3) is 38.3. The zero-order valence-electron chi connectivity index (χ0n) is 24.1. The van der Waals surface area contributed by atoms with Crippen LogP contribution in [0.5, 0.6) is 0 Å². The van der Waals surface area contributed by atoms with Crippen molar-refractivity contribution in [2.75, 3.05) is 26.2 Å². The van der Waals surface area contributed by atoms with Gasteiger partial charge in [-0.3, -0.25) is 0 Å². The summed E-state index contributed by atoms with van der Waals surface area (Å²) < 4.78 is 0. The minimum absolute atomic E-state index is 0. The molecule has 2 radical (unpaired) electrons. The number of nitriles is 2. The molecule has 230 valence electrons. The van der Waals surface area contributed by atoms with Gasteiger partial charge in [0, 0.05) is 40.0 Å². The molecular formula is C28H46N6O4Rh2. The predicted molar refractivity (Wildman–Crippen MR) is 146 cm³/mol. The summed E-state index contributed by atoms with van der Waals surface area (Å²) in [6, 6.07) is 3.50. The molecule has 12 heteroatoms. The van der Waals surface area contributed by atoms with Crippen LogP contribution in [-0.4, -0.2) is 49.8 Å². The molecule has 40 heavy (non-hydrogen) atoms. The maximum atomic E-state index is 10.5. The van der Waals surface area contributed by atoms with Crippen molar-refractivity contribution in [1.29, 1.82) is 10.5 Å². The Bertz CT molecular complexity index is 662. The summed E-state index contributed by atoms with van der Waals surface area (Å²) in [5.74, 6) is 0.398. The molecule has 4 aliphatic heterocycles. The van der Waals surface area contributed by atoms with Crippen molar-refractivity contribution in [3.8, 4) is 12.1 Å². The molecule has 0 N–H and O–H groups in total. The van der Waals surface area contributed by atoms with Gasteiger partial charge in [-0.25, -0.2) is 0 Å². The summed E-state index contributed by atoms with van der Waals surface area (Å²) in [5.41, 5.74) is 0. The Kier molecular flexibility index (Phi) is 41.8. The van der Waals surface area contributed by atoms with E-state index in [1.54, 1.807) is 12.1 Å². The van der Waals surface area contributed by atoms with Gasteiger partial charge in [0.15, 0.2) is 0 Å². The zero-order valence-corrected chi connectivity index (χ0v) is 27.4. The third-order valence-electron chi connectivity index (χ3n) is 5.35. The van der Waals surface area contributed by atoms with Gasteiger partial charge in [-0.2, -0.15) is 10.5 Å². The smallest absolute Gasteiger partial charge is 0.862 e. The Morgan fingerprint density at radius 2 is 0.600 bits per heavy atom. The summed E-state index contributed by atoms with van der Waals surface area (Å²) in [4.78, 5) is 15.1. The van der Waals surface area contributed by atoms with E-state index < -0.39 is 0 Å². The zero-order chi connectivity index (χ0) is 28.7. The van der Waals surface area contributed by atoms with Gasteiger partial charge in [0.25, 0.3) is 0 Å². The van der Waals surface area contributed by atoms with Crippen LogP contribution in [0.2, 0.25) is 0 Å². The van der Waals surface area contributed by atoms with Gasteiger partial charge in [-0.15, -0.1) is 0 Å². The number of aliphatic imine (C=N–C) groups is 4. The molecule has 0 fully saturated rings. The fraction of sp³-hybridized carbons (Fsp3) is 0.786. The van der Waals surface area contributed by atoms with Crippen LogP contribution in [0.1, 0.15) is 117 Å². The molecule has 0 unspecified atom stereocenters. The summed E-state index contributed by atoms with van der Waals surface area (Å²) in [7, 11) is 0. The van der Waals surface area contributed by atoms with Crippen molar-refractivity contribution in [3.63, 3.8) is 0 Å². The van der Waals surface area contributed by atoms with Gasteiger partial charge in [-0.1, -0.05) is 25.7 Å². The van der Waals surface area contributed by atoms with Crippen molar-refractivity contribution in [2.45, 2.75) is 117 Å². The van der Waals surface area contributed by atoms with Crippen LogP contribution in [0.25, 0.3) is 0 Å². The van der Waals surface area contributed by atoms with Crippen molar-refractivity contribution in [3.05, 3.63) is 0 Å². The van der Waals surface area contributed by atoms with Crippen molar-refractivity contribution in [2.24, 2.45) is 20.0 Å². The van der Waals surface area contributed by atoms with E-state index in [4.69, 9.17) is 10.5 Å². The first kappa shape index (κ1) is 45.1. The molecule has 10 nitrogen and oxygen atoms in total. The molecule has 0 spiro atoms. The van der Waals surface area contributed by atoms with E-state index in [0.717, 1.165) is 77.5 Å². The monoisotopic (exact) mass is 736 g/mol. The molecule has 4 aliphatic rings. The minimum atomic E-state index is 0. The van der Waals surface area contributed by atoms with E-state index in [1.807, 2.05) is 0 Å². The van der Waals surface area contributed by atoms with Crippen LogP contribution < -0.4 is 20.4 Å². The number of rotatable bonds is 0. The molecule has 0 aromatic carbocycles. The predicted octanol–water partition coefficient (Wildman–Crippen LogP) is 2.33. The van der Waals surface area contributed by atoms with Crippen LogP contribution in [0.4, 0.5) is 0 Å². The molecule has 4 rings (SSSR count). The third-order valence-corrected chi connectivity index (χ3v) is 5.35. The number of nitrogens with zero attached hydrogens (tertiary/aromatic N) is 6. The Morgan fingerprint density at radius 1 is 0.425 bits per heavy atom. The van der Waals surface area contributed by atoms with Crippen LogP contribution in [0.3, 0.4) is 0 Å². The summed E-state index contributed by atoms with van der Waals surface area (Å²) in [5, 5.41) is 56.7. The first-order chi connectivity index (χ1) is 18.4. The molecule has 0 aromatic rings. The van der Waals surface area contributed by atoms with Gasteiger partial charge in [-0.05, 0) is 101 Å². The average Bonchev–Trinajstić information content (AvgIpc) is 3.46. The number of hydrogen-bond donors (Lipinski definition) is 0. The second-order valence-corrected chi connectivity index (χ2v) is 8.79. The van der Waals surface area contributed by atoms with Crippen molar-refractivity contribution >= 4 is 23.6 Å². The SMILES string of the molecule is CC#N.CC#N.[O-]C1=NCCCCC1.[O-]C1=NCCCCC1.[O-]C1=NCCCCC1.[O-]C1=NCCCCC1.[Rh+2].[Rh+2]. The molecule has 0 bridgehead atoms.